The van der Waals surface area contributed by atoms with Crippen LogP contribution in [0.2, 0.25) is 0 Å². The smallest absolute Gasteiger partial charge is 0.409 e. The molecule has 2 aliphatic heterocycles. The van der Waals surface area contributed by atoms with Crippen molar-refractivity contribution in [2.45, 2.75) is 12.2 Å². The molecule has 0 aliphatic carbocycles. The molecule has 2 aromatic heterocycles. The van der Waals surface area contributed by atoms with Crippen molar-refractivity contribution in [1.82, 2.24) is 25.1 Å². The number of aromatic nitrogens is 2. The zero-order valence-corrected chi connectivity index (χ0v) is 20.2. The Morgan fingerprint density at radius 2 is 2.05 bits per heavy atom. The fourth-order valence-corrected chi connectivity index (χ4v) is 4.05. The lowest BCUT2D eigenvalue weighted by Crippen LogP contribution is -2.61. The number of likely N-dealkylation sites (tertiary alicyclic amines) is 1. The van der Waals surface area contributed by atoms with Crippen molar-refractivity contribution < 1.29 is 23.5 Å². The van der Waals surface area contributed by atoms with Crippen molar-refractivity contribution >= 4 is 28.9 Å². The van der Waals surface area contributed by atoms with Crippen molar-refractivity contribution in [3.8, 4) is 0 Å². The van der Waals surface area contributed by atoms with E-state index in [1.54, 1.807) is 40.0 Å². The van der Waals surface area contributed by atoms with Crippen LogP contribution in [0.4, 0.5) is 20.6 Å². The second-order valence-electron chi connectivity index (χ2n) is 8.53. The van der Waals surface area contributed by atoms with Crippen molar-refractivity contribution in [3.63, 3.8) is 0 Å². The maximum Gasteiger partial charge on any atom is 0.409 e. The Kier molecular flexibility index (Phi) is 6.83. The Morgan fingerprint density at radius 3 is 2.84 bits per heavy atom. The normalized spacial score (nSPS) is 17.2. The van der Waals surface area contributed by atoms with Gasteiger partial charge in [0.2, 0.25) is 0 Å². The van der Waals surface area contributed by atoms with Gasteiger partial charge < -0.3 is 25.0 Å². The summed E-state index contributed by atoms with van der Waals surface area (Å²) in [6.07, 6.45) is 2.21. The molecule has 1 atom stereocenters. The quantitative estimate of drug-likeness (QED) is 0.392. The second kappa shape index (κ2) is 10.4. The monoisotopic (exact) mass is 511 g/mol. The molecule has 0 spiro atoms. The maximum atomic E-state index is 14.6. The molecule has 4 heterocycles. The lowest BCUT2D eigenvalue weighted by Gasteiger charge is -2.41. The predicted molar refractivity (Wildman–Crippen MR) is 130 cm³/mol. The minimum Gasteiger partial charge on any atom is -0.453 e. The first kappa shape index (κ1) is 24.4. The van der Waals surface area contributed by atoms with Gasteiger partial charge in [0.25, 0.3) is 5.91 Å². The number of carbonyl (C=O) groups excluding carboxylic acids is 2. The van der Waals surface area contributed by atoms with Gasteiger partial charge in [0, 0.05) is 38.6 Å². The predicted octanol–water partition coefficient (Wildman–Crippen LogP) is 2.42. The third-order valence-corrected chi connectivity index (χ3v) is 6.11. The van der Waals surface area contributed by atoms with E-state index in [9.17, 15) is 14.0 Å². The van der Waals surface area contributed by atoms with Gasteiger partial charge in [0.05, 0.1) is 36.7 Å². The first-order valence-electron chi connectivity index (χ1n) is 11.6. The number of carbonyl (C=O) groups is 2. The Labute approximate surface area is 211 Å². The van der Waals surface area contributed by atoms with E-state index in [1.165, 1.54) is 25.4 Å². The molecule has 0 saturated carbocycles. The van der Waals surface area contributed by atoms with Crippen molar-refractivity contribution in [3.05, 3.63) is 59.7 Å². The number of nitrogens with one attached hydrogen (secondary N) is 3. The number of fused-ring (bicyclic) bond motifs is 1. The molecule has 3 aromatic rings. The van der Waals surface area contributed by atoms with Crippen LogP contribution in [-0.2, 0) is 9.47 Å². The van der Waals surface area contributed by atoms with Gasteiger partial charge >= 0.3 is 6.09 Å². The van der Waals surface area contributed by atoms with Crippen LogP contribution in [0.1, 0.15) is 22.1 Å². The van der Waals surface area contributed by atoms with E-state index in [1.807, 2.05) is 6.07 Å². The van der Waals surface area contributed by atoms with Gasteiger partial charge in [0.15, 0.2) is 6.17 Å². The van der Waals surface area contributed by atoms with E-state index in [0.717, 1.165) is 5.69 Å². The number of hydrogen-bond acceptors (Lipinski definition) is 10. The van der Waals surface area contributed by atoms with Crippen LogP contribution >= 0.6 is 0 Å². The Morgan fingerprint density at radius 1 is 1.22 bits per heavy atom. The van der Waals surface area contributed by atoms with Gasteiger partial charge in [-0.2, -0.15) is 10.5 Å². The van der Waals surface area contributed by atoms with Crippen LogP contribution in [0.3, 0.4) is 0 Å². The molecule has 2 aliphatic rings. The highest BCUT2D eigenvalue weighted by Crippen LogP contribution is 2.28. The molecule has 3 N–H and O–H groups in total. The van der Waals surface area contributed by atoms with Crippen LogP contribution in [0.15, 0.2) is 53.1 Å². The Bertz CT molecular complexity index is 1340. The van der Waals surface area contributed by atoms with Gasteiger partial charge in [-0.1, -0.05) is 11.3 Å². The number of hydrogen-bond donors (Lipinski definition) is 3. The Hall–Kier alpha value is -4.30. The molecule has 14 heteroatoms. The first-order chi connectivity index (χ1) is 18.0. The van der Waals surface area contributed by atoms with Crippen LogP contribution in [0, 0.1) is 5.82 Å². The third kappa shape index (κ3) is 5.01. The summed E-state index contributed by atoms with van der Waals surface area (Å²) in [5.74, 6) is -1.09. The minimum atomic E-state index is -0.588. The maximum absolute atomic E-state index is 14.6. The number of rotatable bonds is 8. The lowest BCUT2D eigenvalue weighted by molar-refractivity contribution is 0.00914. The summed E-state index contributed by atoms with van der Waals surface area (Å²) in [7, 11) is 2.95. The molecule has 1 saturated heterocycles. The number of anilines is 2. The number of amides is 2. The summed E-state index contributed by atoms with van der Waals surface area (Å²) in [5, 5.41) is 20.0. The highest BCUT2D eigenvalue weighted by molar-refractivity contribution is 6.09. The van der Waals surface area contributed by atoms with Crippen molar-refractivity contribution in [2.75, 3.05) is 51.1 Å². The SMILES string of the molecule is COCCNc1ccn2ncc(C(=O)Nc3cc(C4N=NN(C5CN(C(=O)OC)C5)N4)ccc3F)c2c1. The van der Waals surface area contributed by atoms with Gasteiger partial charge in [-0.25, -0.2) is 18.8 Å². The minimum absolute atomic E-state index is 0.00665. The average molecular weight is 512 g/mol. The van der Waals surface area contributed by atoms with Gasteiger partial charge in [-0.05, 0) is 29.8 Å². The number of hydrazine groups is 1. The van der Waals surface area contributed by atoms with Crippen LogP contribution in [-0.4, -0.2) is 78.1 Å². The standard InChI is InChI=1S/C23H26FN9O4/c1-36-8-6-25-15-5-7-32-20(10-15)17(11-26-32)22(34)27-19-9-14(3-4-18(19)24)21-28-30-33(29-21)16-12-31(13-16)23(35)37-2/h3-5,7,9-11,16,21,25,29H,6,8,12-13H2,1-2H3,(H,27,34). The summed E-state index contributed by atoms with van der Waals surface area (Å²) >= 11 is 0. The highest BCUT2D eigenvalue weighted by atomic mass is 19.1. The summed E-state index contributed by atoms with van der Waals surface area (Å²) in [6, 6.07) is 7.92. The highest BCUT2D eigenvalue weighted by Gasteiger charge is 2.38. The molecule has 1 aromatic carbocycles. The number of halogens is 1. The number of ether oxygens (including phenoxy) is 2. The number of nitrogens with zero attached hydrogens (tertiary/aromatic N) is 6. The van der Waals surface area contributed by atoms with Gasteiger partial charge in [0.1, 0.15) is 11.9 Å². The van der Waals surface area contributed by atoms with E-state index in [-0.39, 0.29) is 11.7 Å². The number of methoxy groups -OCH3 is 2. The fraction of sp³-hybridized carbons (Fsp3) is 0.348. The van der Waals surface area contributed by atoms with Gasteiger partial charge in [-0.15, -0.1) is 5.11 Å². The molecule has 13 nitrogen and oxygen atoms in total. The van der Waals surface area contributed by atoms with Crippen molar-refractivity contribution in [1.29, 1.82) is 0 Å². The van der Waals surface area contributed by atoms with E-state index in [4.69, 9.17) is 9.47 Å². The molecule has 0 bridgehead atoms. The zero-order chi connectivity index (χ0) is 25.9. The van der Waals surface area contributed by atoms with E-state index in [0.29, 0.717) is 42.9 Å². The molecule has 194 valence electrons. The molecule has 1 unspecified atom stereocenters. The summed E-state index contributed by atoms with van der Waals surface area (Å²) in [4.78, 5) is 26.2. The van der Waals surface area contributed by atoms with Crippen molar-refractivity contribution in [2.24, 2.45) is 10.3 Å². The molecular weight excluding hydrogens is 485 g/mol. The largest absolute Gasteiger partial charge is 0.453 e. The number of pyridine rings is 1. The van der Waals surface area contributed by atoms with E-state index in [2.05, 4.69) is 31.5 Å². The molecular formula is C23H26FN9O4. The van der Waals surface area contributed by atoms with E-state index < -0.39 is 24.0 Å². The third-order valence-electron chi connectivity index (χ3n) is 6.11. The molecule has 0 radical (unpaired) electrons. The first-order valence-corrected chi connectivity index (χ1v) is 11.6. The fourth-order valence-electron chi connectivity index (χ4n) is 4.05. The lowest BCUT2D eigenvalue weighted by atomic mass is 10.1. The topological polar surface area (TPSA) is 137 Å². The summed E-state index contributed by atoms with van der Waals surface area (Å²) in [6.45, 7) is 2.03. The molecule has 5 rings (SSSR count). The van der Waals surface area contributed by atoms with Crippen LogP contribution < -0.4 is 16.1 Å². The van der Waals surface area contributed by atoms with Crippen LogP contribution in [0.5, 0.6) is 0 Å². The summed E-state index contributed by atoms with van der Waals surface area (Å²) in [5.41, 5.74) is 5.40. The molecule has 37 heavy (non-hydrogen) atoms. The van der Waals surface area contributed by atoms with E-state index >= 15 is 0 Å². The Balaban J connectivity index is 1.26. The molecule has 2 amide bonds. The zero-order valence-electron chi connectivity index (χ0n) is 20.2. The summed E-state index contributed by atoms with van der Waals surface area (Å²) < 4.78 is 26.0. The molecule has 1 fully saturated rings. The second-order valence-corrected chi connectivity index (χ2v) is 8.53. The van der Waals surface area contributed by atoms with Crippen LogP contribution in [0.25, 0.3) is 5.52 Å². The average Bonchev–Trinajstić information content (AvgIpc) is 3.52. The van der Waals surface area contributed by atoms with Gasteiger partial charge in [-0.3, -0.25) is 4.79 Å². The number of benzene rings is 1.